The van der Waals surface area contributed by atoms with Gasteiger partial charge in [0.1, 0.15) is 0 Å². The second-order valence-corrected chi connectivity index (χ2v) is 2.59. The van der Waals surface area contributed by atoms with Crippen LogP contribution in [0, 0.1) is 0 Å². The van der Waals surface area contributed by atoms with Crippen molar-refractivity contribution < 1.29 is 0 Å². The van der Waals surface area contributed by atoms with Gasteiger partial charge in [0.05, 0.1) is 0 Å². The van der Waals surface area contributed by atoms with E-state index < -0.39 is 0 Å². The first-order chi connectivity index (χ1) is 5.70. The molecular weight excluding hydrogens is 146 g/mol. The zero-order chi connectivity index (χ0) is 9.98. The van der Waals surface area contributed by atoms with Crippen molar-refractivity contribution >= 4 is 6.21 Å². The lowest BCUT2D eigenvalue weighted by Crippen LogP contribution is -1.90. The zero-order valence-corrected chi connectivity index (χ0v) is 9.39. The van der Waals surface area contributed by atoms with Crippen LogP contribution in [0.1, 0.15) is 48.0 Å². The molecule has 0 aromatic rings. The molecule has 0 fully saturated rings. The third kappa shape index (κ3) is 9.41. The maximum atomic E-state index is 4.27. The molecule has 0 aromatic heterocycles. The van der Waals surface area contributed by atoms with Crippen LogP contribution in [0.3, 0.4) is 0 Å². The van der Waals surface area contributed by atoms with Crippen LogP contribution in [0.2, 0.25) is 0 Å². The summed E-state index contributed by atoms with van der Waals surface area (Å²) in [5.74, 6) is 0. The van der Waals surface area contributed by atoms with Gasteiger partial charge in [-0.05, 0) is 32.8 Å². The van der Waals surface area contributed by atoms with E-state index in [-0.39, 0.29) is 0 Å². The predicted molar refractivity (Wildman–Crippen MR) is 59.0 cm³/mol. The lowest BCUT2D eigenvalue weighted by Gasteiger charge is -1.96. The zero-order valence-electron chi connectivity index (χ0n) is 9.39. The van der Waals surface area contributed by atoms with Gasteiger partial charge in [0.15, 0.2) is 0 Å². The minimum Gasteiger partial charge on any atom is -0.290 e. The Balaban J connectivity index is 0. The highest BCUT2D eigenvalue weighted by Crippen LogP contribution is 1.96. The second-order valence-electron chi connectivity index (χ2n) is 2.59. The van der Waals surface area contributed by atoms with Crippen molar-refractivity contribution in [3.63, 3.8) is 0 Å². The standard InChI is InChI=1S/C9H17N.C2H6/c1-5-9(6-2)7-10-8(3)4;1-2/h5,7-8H,6H2,1-4H3;1-2H3/b9-5-,10-7?;. The Morgan fingerprint density at radius 1 is 1.33 bits per heavy atom. The predicted octanol–water partition coefficient (Wildman–Crippen LogP) is 3.85. The molecule has 72 valence electrons. The summed E-state index contributed by atoms with van der Waals surface area (Å²) in [4.78, 5) is 4.27. The first-order valence-electron chi connectivity index (χ1n) is 4.89. The summed E-state index contributed by atoms with van der Waals surface area (Å²) >= 11 is 0. The molecular formula is C11H23N. The average molecular weight is 169 g/mol. The topological polar surface area (TPSA) is 12.4 Å². The molecule has 0 rings (SSSR count). The van der Waals surface area contributed by atoms with Gasteiger partial charge in [0.2, 0.25) is 0 Å². The number of nitrogens with zero attached hydrogens (tertiary/aromatic N) is 1. The fraction of sp³-hybridized carbons (Fsp3) is 0.727. The van der Waals surface area contributed by atoms with E-state index in [1.54, 1.807) is 0 Å². The van der Waals surface area contributed by atoms with E-state index in [1.165, 1.54) is 5.57 Å². The molecule has 0 spiro atoms. The fourth-order valence-corrected chi connectivity index (χ4v) is 0.615. The highest BCUT2D eigenvalue weighted by molar-refractivity contribution is 5.78. The second kappa shape index (κ2) is 10.4. The van der Waals surface area contributed by atoms with Gasteiger partial charge in [0.25, 0.3) is 0 Å². The lowest BCUT2D eigenvalue weighted by molar-refractivity contribution is 0.839. The molecule has 0 aromatic carbocycles. The summed E-state index contributed by atoms with van der Waals surface area (Å²) in [6.07, 6.45) is 5.14. The number of hydrogen-bond acceptors (Lipinski definition) is 1. The SMILES string of the molecule is C/C=C(\C=NC(C)C)CC.CC. The third-order valence-electron chi connectivity index (χ3n) is 1.32. The minimum absolute atomic E-state index is 0.418. The molecule has 1 nitrogen and oxygen atoms in total. The Labute approximate surface area is 77.6 Å². The summed E-state index contributed by atoms with van der Waals surface area (Å²) in [6, 6.07) is 0.418. The molecule has 0 aliphatic carbocycles. The maximum Gasteiger partial charge on any atom is 0.0443 e. The molecule has 0 aliphatic heterocycles. The van der Waals surface area contributed by atoms with Crippen LogP contribution in [0.25, 0.3) is 0 Å². The van der Waals surface area contributed by atoms with E-state index in [9.17, 15) is 0 Å². The molecule has 0 amide bonds. The monoisotopic (exact) mass is 169 g/mol. The molecule has 0 N–H and O–H groups in total. The number of rotatable bonds is 3. The van der Waals surface area contributed by atoms with E-state index in [0.717, 1.165) is 6.42 Å². The van der Waals surface area contributed by atoms with Crippen LogP contribution >= 0.6 is 0 Å². The molecule has 0 unspecified atom stereocenters. The Bertz CT molecular complexity index is 132. The third-order valence-corrected chi connectivity index (χ3v) is 1.32. The molecule has 1 heteroatoms. The van der Waals surface area contributed by atoms with Gasteiger partial charge in [-0.15, -0.1) is 0 Å². The van der Waals surface area contributed by atoms with E-state index in [4.69, 9.17) is 0 Å². The van der Waals surface area contributed by atoms with E-state index in [2.05, 4.69) is 31.8 Å². The molecule has 0 saturated heterocycles. The van der Waals surface area contributed by atoms with Crippen molar-refractivity contribution in [1.82, 2.24) is 0 Å². The van der Waals surface area contributed by atoms with Crippen LogP contribution in [-0.2, 0) is 0 Å². The minimum atomic E-state index is 0.418. The Morgan fingerprint density at radius 3 is 2.08 bits per heavy atom. The van der Waals surface area contributed by atoms with Crippen LogP contribution in [0.4, 0.5) is 0 Å². The largest absolute Gasteiger partial charge is 0.290 e. The van der Waals surface area contributed by atoms with Gasteiger partial charge in [0, 0.05) is 12.3 Å². The maximum absolute atomic E-state index is 4.27. The fourth-order valence-electron chi connectivity index (χ4n) is 0.615. The Hall–Kier alpha value is -0.590. The van der Waals surface area contributed by atoms with Gasteiger partial charge in [-0.1, -0.05) is 26.8 Å². The van der Waals surface area contributed by atoms with Gasteiger partial charge in [-0.3, -0.25) is 4.99 Å². The van der Waals surface area contributed by atoms with Gasteiger partial charge in [-0.2, -0.15) is 0 Å². The quantitative estimate of drug-likeness (QED) is 0.569. The molecule has 0 atom stereocenters. The number of aliphatic imine (C=N–C) groups is 1. The van der Waals surface area contributed by atoms with Crippen molar-refractivity contribution in [2.24, 2.45) is 4.99 Å². The Kier molecular flexibility index (Phi) is 12.1. The van der Waals surface area contributed by atoms with Crippen LogP contribution < -0.4 is 0 Å². The van der Waals surface area contributed by atoms with E-state index in [1.807, 2.05) is 27.0 Å². The molecule has 0 heterocycles. The van der Waals surface area contributed by atoms with E-state index in [0.29, 0.717) is 6.04 Å². The summed E-state index contributed by atoms with van der Waals surface area (Å²) in [7, 11) is 0. The summed E-state index contributed by atoms with van der Waals surface area (Å²) in [5.41, 5.74) is 1.31. The highest BCUT2D eigenvalue weighted by atomic mass is 14.7. The molecule has 0 aliphatic rings. The van der Waals surface area contributed by atoms with Crippen molar-refractivity contribution in [3.05, 3.63) is 11.6 Å². The van der Waals surface area contributed by atoms with Crippen molar-refractivity contribution in [1.29, 1.82) is 0 Å². The first-order valence-corrected chi connectivity index (χ1v) is 4.89. The number of allylic oxidation sites excluding steroid dienone is 2. The molecule has 0 radical (unpaired) electrons. The normalized spacial score (nSPS) is 11.8. The van der Waals surface area contributed by atoms with Crippen LogP contribution in [0.5, 0.6) is 0 Å². The Morgan fingerprint density at radius 2 is 1.83 bits per heavy atom. The van der Waals surface area contributed by atoms with Crippen molar-refractivity contribution in [2.75, 3.05) is 0 Å². The summed E-state index contributed by atoms with van der Waals surface area (Å²) in [5, 5.41) is 0. The number of hydrogen-bond donors (Lipinski definition) is 0. The van der Waals surface area contributed by atoms with Crippen LogP contribution in [-0.4, -0.2) is 12.3 Å². The molecule has 12 heavy (non-hydrogen) atoms. The van der Waals surface area contributed by atoms with Gasteiger partial charge >= 0.3 is 0 Å². The van der Waals surface area contributed by atoms with Crippen LogP contribution in [0.15, 0.2) is 16.6 Å². The van der Waals surface area contributed by atoms with Gasteiger partial charge in [-0.25, -0.2) is 0 Å². The molecule has 0 saturated carbocycles. The highest BCUT2D eigenvalue weighted by Gasteiger charge is 1.86. The summed E-state index contributed by atoms with van der Waals surface area (Å²) in [6.45, 7) is 12.4. The van der Waals surface area contributed by atoms with E-state index >= 15 is 0 Å². The summed E-state index contributed by atoms with van der Waals surface area (Å²) < 4.78 is 0. The average Bonchev–Trinajstić information content (AvgIpc) is 2.09. The lowest BCUT2D eigenvalue weighted by atomic mass is 10.2. The first kappa shape index (κ1) is 14.0. The van der Waals surface area contributed by atoms with Gasteiger partial charge < -0.3 is 0 Å². The van der Waals surface area contributed by atoms with Crippen molar-refractivity contribution in [3.8, 4) is 0 Å². The van der Waals surface area contributed by atoms with Crippen molar-refractivity contribution in [2.45, 2.75) is 54.0 Å². The smallest absolute Gasteiger partial charge is 0.0443 e. The molecule has 0 bridgehead atoms.